The smallest absolute Gasteiger partial charge is 0.335 e. The van der Waals surface area contributed by atoms with Crippen LogP contribution in [0.5, 0.6) is 0 Å². The molecule has 0 saturated carbocycles. The molecule has 1 unspecified atom stereocenters. The van der Waals surface area contributed by atoms with Crippen molar-refractivity contribution in [3.8, 4) is 11.5 Å². The van der Waals surface area contributed by atoms with Crippen LogP contribution in [0.3, 0.4) is 0 Å². The summed E-state index contributed by atoms with van der Waals surface area (Å²) < 4.78 is 5.74. The number of nitrogens with zero attached hydrogens (tertiary/aromatic N) is 2. The molecule has 0 amide bonds. The number of aromatic nitrogens is 2. The lowest BCUT2D eigenvalue weighted by molar-refractivity contribution is -0.132. The Bertz CT molecular complexity index is 757. The van der Waals surface area contributed by atoms with E-state index in [9.17, 15) is 4.79 Å². The van der Waals surface area contributed by atoms with Crippen molar-refractivity contribution in [2.24, 2.45) is 0 Å². The SMILES string of the molecule is CCCc1ccc(-c2nnc(C3C=C(C(=O)O)C=CC3)o2)cc1. The highest BCUT2D eigenvalue weighted by Crippen LogP contribution is 2.28. The average Bonchev–Trinajstić information content (AvgIpc) is 3.06. The minimum Gasteiger partial charge on any atom is -0.478 e. The van der Waals surface area contributed by atoms with Crippen molar-refractivity contribution >= 4 is 5.97 Å². The molecule has 0 bridgehead atoms. The van der Waals surface area contributed by atoms with Gasteiger partial charge in [0, 0.05) is 5.56 Å². The van der Waals surface area contributed by atoms with Crippen LogP contribution in [-0.2, 0) is 11.2 Å². The highest BCUT2D eigenvalue weighted by Gasteiger charge is 2.21. The van der Waals surface area contributed by atoms with Crippen molar-refractivity contribution in [2.75, 3.05) is 0 Å². The largest absolute Gasteiger partial charge is 0.478 e. The monoisotopic (exact) mass is 310 g/mol. The van der Waals surface area contributed by atoms with Crippen molar-refractivity contribution in [1.29, 1.82) is 0 Å². The summed E-state index contributed by atoms with van der Waals surface area (Å²) in [6, 6.07) is 8.08. The summed E-state index contributed by atoms with van der Waals surface area (Å²) >= 11 is 0. The second kappa shape index (κ2) is 6.60. The molecule has 0 spiro atoms. The van der Waals surface area contributed by atoms with Crippen molar-refractivity contribution in [3.05, 3.63) is 59.5 Å². The summed E-state index contributed by atoms with van der Waals surface area (Å²) in [4.78, 5) is 11.1. The van der Waals surface area contributed by atoms with E-state index in [1.165, 1.54) is 5.56 Å². The molecular weight excluding hydrogens is 292 g/mol. The van der Waals surface area contributed by atoms with E-state index < -0.39 is 5.97 Å². The molecule has 23 heavy (non-hydrogen) atoms. The molecular formula is C18H18N2O3. The molecule has 0 radical (unpaired) electrons. The first-order valence-corrected chi connectivity index (χ1v) is 7.71. The Morgan fingerprint density at radius 1 is 1.30 bits per heavy atom. The third kappa shape index (κ3) is 3.39. The fourth-order valence-electron chi connectivity index (χ4n) is 2.60. The molecule has 3 rings (SSSR count). The van der Waals surface area contributed by atoms with Gasteiger partial charge < -0.3 is 9.52 Å². The molecule has 1 aromatic carbocycles. The van der Waals surface area contributed by atoms with Gasteiger partial charge in [0.2, 0.25) is 11.8 Å². The van der Waals surface area contributed by atoms with Crippen molar-refractivity contribution < 1.29 is 14.3 Å². The topological polar surface area (TPSA) is 76.2 Å². The van der Waals surface area contributed by atoms with E-state index in [2.05, 4.69) is 29.3 Å². The quantitative estimate of drug-likeness (QED) is 0.910. The zero-order chi connectivity index (χ0) is 16.2. The number of carbonyl (C=O) groups is 1. The van der Waals surface area contributed by atoms with Crippen LogP contribution in [0.2, 0.25) is 0 Å². The molecule has 1 aromatic heterocycles. The summed E-state index contributed by atoms with van der Waals surface area (Å²) in [6.07, 6.45) is 7.89. The van der Waals surface area contributed by atoms with Gasteiger partial charge in [0.15, 0.2) is 0 Å². The highest BCUT2D eigenvalue weighted by atomic mass is 16.4. The maximum absolute atomic E-state index is 11.1. The highest BCUT2D eigenvalue weighted by molar-refractivity contribution is 5.90. The lowest BCUT2D eigenvalue weighted by Crippen LogP contribution is -2.06. The minimum absolute atomic E-state index is 0.188. The van der Waals surface area contributed by atoms with Crippen molar-refractivity contribution in [1.82, 2.24) is 10.2 Å². The van der Waals surface area contributed by atoms with E-state index in [-0.39, 0.29) is 11.5 Å². The predicted molar refractivity (Wildman–Crippen MR) is 85.9 cm³/mol. The summed E-state index contributed by atoms with van der Waals surface area (Å²) in [5.74, 6) is -0.229. The number of carboxylic acids is 1. The average molecular weight is 310 g/mol. The van der Waals surface area contributed by atoms with Crippen molar-refractivity contribution in [3.63, 3.8) is 0 Å². The number of hydrogen-bond donors (Lipinski definition) is 1. The van der Waals surface area contributed by atoms with Gasteiger partial charge in [0.05, 0.1) is 11.5 Å². The molecule has 5 nitrogen and oxygen atoms in total. The predicted octanol–water partition coefficient (Wildman–Crippen LogP) is 3.74. The van der Waals surface area contributed by atoms with Gasteiger partial charge in [-0.25, -0.2) is 4.79 Å². The zero-order valence-electron chi connectivity index (χ0n) is 12.9. The summed E-state index contributed by atoms with van der Waals surface area (Å²) in [5, 5.41) is 17.2. The van der Waals surface area contributed by atoms with Gasteiger partial charge in [-0.3, -0.25) is 0 Å². The van der Waals surface area contributed by atoms with Crippen LogP contribution < -0.4 is 0 Å². The van der Waals surface area contributed by atoms with E-state index in [1.807, 2.05) is 18.2 Å². The second-order valence-electron chi connectivity index (χ2n) is 5.56. The Hall–Kier alpha value is -2.69. The van der Waals surface area contributed by atoms with Crippen LogP contribution in [0.1, 0.15) is 37.1 Å². The lowest BCUT2D eigenvalue weighted by Gasteiger charge is -2.10. The Kier molecular flexibility index (Phi) is 4.37. The molecule has 0 saturated heterocycles. The molecule has 0 fully saturated rings. The van der Waals surface area contributed by atoms with Crippen LogP contribution in [-0.4, -0.2) is 21.3 Å². The number of aliphatic carboxylic acids is 1. The summed E-state index contributed by atoms with van der Waals surface area (Å²) in [6.45, 7) is 2.15. The Labute approximate surface area is 134 Å². The molecule has 118 valence electrons. The van der Waals surface area contributed by atoms with Crippen LogP contribution >= 0.6 is 0 Å². The number of aryl methyl sites for hydroxylation is 1. The van der Waals surface area contributed by atoms with Gasteiger partial charge in [0.1, 0.15) is 0 Å². The van der Waals surface area contributed by atoms with Gasteiger partial charge in [-0.15, -0.1) is 10.2 Å². The molecule has 0 aliphatic heterocycles. The molecule has 2 aromatic rings. The minimum atomic E-state index is -0.947. The van der Waals surface area contributed by atoms with Crippen molar-refractivity contribution in [2.45, 2.75) is 32.1 Å². The van der Waals surface area contributed by atoms with Gasteiger partial charge in [-0.2, -0.15) is 0 Å². The number of hydrogen-bond acceptors (Lipinski definition) is 4. The van der Waals surface area contributed by atoms with Gasteiger partial charge in [0.25, 0.3) is 0 Å². The Balaban J connectivity index is 1.80. The summed E-state index contributed by atoms with van der Waals surface area (Å²) in [5.41, 5.74) is 2.41. The third-order valence-electron chi connectivity index (χ3n) is 3.81. The van der Waals surface area contributed by atoms with Crippen LogP contribution in [0.4, 0.5) is 0 Å². The molecule has 5 heteroatoms. The van der Waals surface area contributed by atoms with E-state index in [1.54, 1.807) is 12.2 Å². The first-order valence-electron chi connectivity index (χ1n) is 7.71. The Morgan fingerprint density at radius 2 is 2.09 bits per heavy atom. The van der Waals surface area contributed by atoms with E-state index in [0.29, 0.717) is 18.2 Å². The van der Waals surface area contributed by atoms with Crippen LogP contribution in [0, 0.1) is 0 Å². The number of benzene rings is 1. The summed E-state index contributed by atoms with van der Waals surface area (Å²) in [7, 11) is 0. The van der Waals surface area contributed by atoms with Gasteiger partial charge >= 0.3 is 5.97 Å². The second-order valence-corrected chi connectivity index (χ2v) is 5.56. The number of allylic oxidation sites excluding steroid dienone is 2. The van der Waals surface area contributed by atoms with Crippen LogP contribution in [0.15, 0.2) is 52.5 Å². The van der Waals surface area contributed by atoms with Gasteiger partial charge in [-0.05, 0) is 30.5 Å². The standard InChI is InChI=1S/C18H18N2O3/c1-2-4-12-7-9-13(10-8-12)16-19-20-17(23-16)14-5-3-6-15(11-14)18(21)22/h3,6-11,14H,2,4-5H2,1H3,(H,21,22). The van der Waals surface area contributed by atoms with Crippen LogP contribution in [0.25, 0.3) is 11.5 Å². The Morgan fingerprint density at radius 3 is 2.78 bits per heavy atom. The van der Waals surface area contributed by atoms with E-state index in [0.717, 1.165) is 18.4 Å². The molecule has 1 atom stereocenters. The molecule has 1 aliphatic rings. The number of rotatable bonds is 5. The fraction of sp³-hybridized carbons (Fsp3) is 0.278. The first kappa shape index (κ1) is 15.2. The molecule has 1 heterocycles. The van der Waals surface area contributed by atoms with E-state index >= 15 is 0 Å². The molecule has 1 aliphatic carbocycles. The maximum Gasteiger partial charge on any atom is 0.335 e. The first-order chi connectivity index (χ1) is 11.2. The van der Waals surface area contributed by atoms with Gasteiger partial charge in [-0.1, -0.05) is 43.7 Å². The fourth-order valence-corrected chi connectivity index (χ4v) is 2.60. The lowest BCUT2D eigenvalue weighted by atomic mass is 9.96. The maximum atomic E-state index is 11.1. The number of carboxylic acid groups (broad SMARTS) is 1. The third-order valence-corrected chi connectivity index (χ3v) is 3.81. The molecule has 1 N–H and O–H groups in total. The zero-order valence-corrected chi connectivity index (χ0v) is 12.9. The normalized spacial score (nSPS) is 17.1. The van der Waals surface area contributed by atoms with E-state index in [4.69, 9.17) is 9.52 Å².